The molecule has 1 aliphatic rings. The summed E-state index contributed by atoms with van der Waals surface area (Å²) < 4.78 is 0. The number of nitrogens with zero attached hydrogens (tertiary/aromatic N) is 2. The molecule has 1 saturated heterocycles. The Morgan fingerprint density at radius 2 is 2.41 bits per heavy atom. The van der Waals surface area contributed by atoms with E-state index < -0.39 is 0 Å². The van der Waals surface area contributed by atoms with Crippen LogP contribution in [0.5, 0.6) is 0 Å². The van der Waals surface area contributed by atoms with E-state index in [1.165, 1.54) is 25.0 Å². The minimum atomic E-state index is 0.219. The van der Waals surface area contributed by atoms with Crippen molar-refractivity contribution >= 4 is 11.8 Å². The van der Waals surface area contributed by atoms with E-state index in [0.717, 1.165) is 24.4 Å². The highest BCUT2D eigenvalue weighted by Gasteiger charge is 2.18. The molecule has 3 nitrogen and oxygen atoms in total. The van der Waals surface area contributed by atoms with Crippen molar-refractivity contribution in [3.05, 3.63) is 23.8 Å². The second kappa shape index (κ2) is 6.36. The molecule has 4 heteroatoms. The summed E-state index contributed by atoms with van der Waals surface area (Å²) in [6, 6.07) is 2.21. The molecule has 2 atom stereocenters. The Bertz CT molecular complexity index is 350. The van der Waals surface area contributed by atoms with Crippen molar-refractivity contribution in [1.29, 1.82) is 0 Å². The van der Waals surface area contributed by atoms with Crippen molar-refractivity contribution in [1.82, 2.24) is 9.97 Å². The monoisotopic (exact) mass is 251 g/mol. The highest BCUT2D eigenvalue weighted by molar-refractivity contribution is 7.99. The summed E-state index contributed by atoms with van der Waals surface area (Å²) in [5, 5.41) is 0.501. The average Bonchev–Trinajstić information content (AvgIpc) is 2.40. The lowest BCUT2D eigenvalue weighted by Crippen LogP contribution is -2.22. The molecule has 2 unspecified atom stereocenters. The highest BCUT2D eigenvalue weighted by Crippen LogP contribution is 2.36. The van der Waals surface area contributed by atoms with E-state index in [1.54, 1.807) is 0 Å². The van der Waals surface area contributed by atoms with Gasteiger partial charge in [-0.3, -0.25) is 0 Å². The lowest BCUT2D eigenvalue weighted by atomic mass is 10.1. The summed E-state index contributed by atoms with van der Waals surface area (Å²) in [7, 11) is 0. The van der Waals surface area contributed by atoms with E-state index in [2.05, 4.69) is 16.9 Å². The van der Waals surface area contributed by atoms with Gasteiger partial charge >= 0.3 is 0 Å². The maximum Gasteiger partial charge on any atom is 0.141 e. The van der Waals surface area contributed by atoms with E-state index in [0.29, 0.717) is 5.25 Å². The van der Waals surface area contributed by atoms with Gasteiger partial charge in [-0.1, -0.05) is 13.3 Å². The lowest BCUT2D eigenvalue weighted by molar-refractivity contribution is 0.622. The first-order valence-corrected chi connectivity index (χ1v) is 7.53. The van der Waals surface area contributed by atoms with Gasteiger partial charge in [-0.05, 0) is 31.1 Å². The molecule has 1 aromatic rings. The molecule has 1 fully saturated rings. The fraction of sp³-hybridized carbons (Fsp3) is 0.692. The van der Waals surface area contributed by atoms with Crippen molar-refractivity contribution in [3.63, 3.8) is 0 Å². The lowest BCUT2D eigenvalue weighted by Gasteiger charge is -2.20. The van der Waals surface area contributed by atoms with Crippen LogP contribution in [-0.4, -0.2) is 21.8 Å². The zero-order valence-corrected chi connectivity index (χ0v) is 11.2. The number of thioether (sulfide) groups is 1. The van der Waals surface area contributed by atoms with Crippen LogP contribution in [0.3, 0.4) is 0 Å². The van der Waals surface area contributed by atoms with Gasteiger partial charge in [-0.2, -0.15) is 11.8 Å². The van der Waals surface area contributed by atoms with Gasteiger partial charge in [-0.15, -0.1) is 0 Å². The van der Waals surface area contributed by atoms with Crippen LogP contribution < -0.4 is 5.73 Å². The van der Waals surface area contributed by atoms with Crippen molar-refractivity contribution < 1.29 is 0 Å². The minimum absolute atomic E-state index is 0.219. The molecule has 2 heterocycles. The maximum atomic E-state index is 5.97. The van der Waals surface area contributed by atoms with Gasteiger partial charge in [0.05, 0.1) is 5.25 Å². The van der Waals surface area contributed by atoms with Gasteiger partial charge in [0.15, 0.2) is 0 Å². The molecule has 17 heavy (non-hydrogen) atoms. The van der Waals surface area contributed by atoms with Gasteiger partial charge in [0.25, 0.3) is 0 Å². The number of nitrogens with two attached hydrogens (primary N) is 1. The minimum Gasteiger partial charge on any atom is -0.327 e. The van der Waals surface area contributed by atoms with Crippen LogP contribution in [0.2, 0.25) is 0 Å². The fourth-order valence-electron chi connectivity index (χ4n) is 2.04. The smallest absolute Gasteiger partial charge is 0.141 e. The Kier molecular flexibility index (Phi) is 4.80. The summed E-state index contributed by atoms with van der Waals surface area (Å²) >= 11 is 1.99. The van der Waals surface area contributed by atoms with Gasteiger partial charge in [-0.25, -0.2) is 9.97 Å². The Morgan fingerprint density at radius 3 is 3.12 bits per heavy atom. The maximum absolute atomic E-state index is 5.97. The molecule has 1 aliphatic heterocycles. The van der Waals surface area contributed by atoms with E-state index >= 15 is 0 Å². The Morgan fingerprint density at radius 1 is 1.53 bits per heavy atom. The molecule has 1 aromatic heterocycles. The van der Waals surface area contributed by atoms with Crippen LogP contribution >= 0.6 is 11.8 Å². The van der Waals surface area contributed by atoms with Crippen molar-refractivity contribution in [2.24, 2.45) is 5.73 Å². The Hall–Kier alpha value is -0.610. The Balaban J connectivity index is 2.05. The Labute approximate surface area is 108 Å². The third-order valence-corrected chi connectivity index (χ3v) is 4.57. The van der Waals surface area contributed by atoms with Crippen LogP contribution in [0.1, 0.15) is 49.4 Å². The summed E-state index contributed by atoms with van der Waals surface area (Å²) in [5.41, 5.74) is 7.06. The van der Waals surface area contributed by atoms with E-state index in [9.17, 15) is 0 Å². The predicted octanol–water partition coefficient (Wildman–Crippen LogP) is 2.71. The van der Waals surface area contributed by atoms with Gasteiger partial charge < -0.3 is 5.73 Å². The fourth-order valence-corrected chi connectivity index (χ4v) is 3.29. The van der Waals surface area contributed by atoms with Crippen molar-refractivity contribution in [2.45, 2.75) is 50.3 Å². The first kappa shape index (κ1) is 12.8. The molecule has 0 saturated carbocycles. The SMILES string of the molecule is CCC(N)Cc1ccnc(C2CCCCS2)n1. The van der Waals surface area contributed by atoms with Crippen LogP contribution in [0.4, 0.5) is 0 Å². The molecule has 0 aromatic carbocycles. The van der Waals surface area contributed by atoms with Crippen LogP contribution in [0, 0.1) is 0 Å². The molecule has 2 N–H and O–H groups in total. The van der Waals surface area contributed by atoms with Crippen LogP contribution in [-0.2, 0) is 6.42 Å². The quantitative estimate of drug-likeness (QED) is 0.894. The summed E-state index contributed by atoms with van der Waals surface area (Å²) in [6.45, 7) is 2.11. The largest absolute Gasteiger partial charge is 0.327 e. The molecule has 0 amide bonds. The number of hydrogen-bond acceptors (Lipinski definition) is 4. The zero-order chi connectivity index (χ0) is 12.1. The topological polar surface area (TPSA) is 51.8 Å². The van der Waals surface area contributed by atoms with Crippen LogP contribution in [0.15, 0.2) is 12.3 Å². The zero-order valence-electron chi connectivity index (χ0n) is 10.4. The van der Waals surface area contributed by atoms with Gasteiger partial charge in [0.2, 0.25) is 0 Å². The molecular weight excluding hydrogens is 230 g/mol. The van der Waals surface area contributed by atoms with Gasteiger partial charge in [0.1, 0.15) is 5.82 Å². The normalized spacial score (nSPS) is 22.4. The standard InChI is InChI=1S/C13H21N3S/c1-2-10(14)9-11-6-7-15-13(16-11)12-5-3-4-8-17-12/h6-7,10,12H,2-5,8-9,14H2,1H3. The second-order valence-electron chi connectivity index (χ2n) is 4.63. The van der Waals surface area contributed by atoms with Crippen molar-refractivity contribution in [3.8, 4) is 0 Å². The molecule has 0 bridgehead atoms. The third-order valence-electron chi connectivity index (χ3n) is 3.20. The molecular formula is C13H21N3S. The molecule has 2 rings (SSSR count). The molecule has 94 valence electrons. The number of hydrogen-bond donors (Lipinski definition) is 1. The highest BCUT2D eigenvalue weighted by atomic mass is 32.2. The number of aromatic nitrogens is 2. The van der Waals surface area contributed by atoms with Crippen molar-refractivity contribution in [2.75, 3.05) is 5.75 Å². The average molecular weight is 251 g/mol. The first-order valence-electron chi connectivity index (χ1n) is 6.48. The van der Waals surface area contributed by atoms with Crippen LogP contribution in [0.25, 0.3) is 0 Å². The van der Waals surface area contributed by atoms with Gasteiger partial charge in [0, 0.05) is 24.4 Å². The summed E-state index contributed by atoms with van der Waals surface area (Å²) in [4.78, 5) is 9.10. The first-order chi connectivity index (χ1) is 8.29. The number of rotatable bonds is 4. The van der Waals surface area contributed by atoms with E-state index in [4.69, 9.17) is 5.73 Å². The predicted molar refractivity (Wildman–Crippen MR) is 73.1 cm³/mol. The van der Waals surface area contributed by atoms with E-state index in [-0.39, 0.29) is 6.04 Å². The van der Waals surface area contributed by atoms with E-state index in [1.807, 2.05) is 24.0 Å². The third kappa shape index (κ3) is 3.68. The summed E-state index contributed by atoms with van der Waals surface area (Å²) in [5.74, 6) is 2.25. The molecule has 0 aliphatic carbocycles. The molecule has 0 radical (unpaired) electrons. The second-order valence-corrected chi connectivity index (χ2v) is 5.94. The molecule has 0 spiro atoms. The summed E-state index contributed by atoms with van der Waals surface area (Å²) in [6.07, 6.45) is 7.60.